The van der Waals surface area contributed by atoms with E-state index in [1.807, 2.05) is 67.6 Å². The number of ether oxygens (including phenoxy) is 2. The standard InChI is InChI=1S/C22H22O4.H2/c1-14(15-8-4-2-5-9-15)22(24)26-19-13-18-17(12-20(23)25-18)21(19)16-10-6-3-7-11-16;/h2-11,14,17-19,21H,12-13H2,1H3;1H/t14-,17?,18+,19-,21-;/m1./s1. The molecule has 4 heteroatoms. The first kappa shape index (κ1) is 16.8. The van der Waals surface area contributed by atoms with Gasteiger partial charge < -0.3 is 9.47 Å². The molecule has 5 atom stereocenters. The average molecular weight is 352 g/mol. The molecule has 4 rings (SSSR count). The Morgan fingerprint density at radius 3 is 2.46 bits per heavy atom. The van der Waals surface area contributed by atoms with E-state index in [1.54, 1.807) is 0 Å². The first-order valence-electron chi connectivity index (χ1n) is 9.13. The molecule has 1 saturated heterocycles. The van der Waals surface area contributed by atoms with E-state index in [0.29, 0.717) is 12.8 Å². The van der Waals surface area contributed by atoms with Crippen molar-refractivity contribution in [2.75, 3.05) is 0 Å². The van der Waals surface area contributed by atoms with Crippen LogP contribution in [0.2, 0.25) is 0 Å². The van der Waals surface area contributed by atoms with E-state index in [9.17, 15) is 9.59 Å². The maximum absolute atomic E-state index is 12.7. The van der Waals surface area contributed by atoms with Crippen molar-refractivity contribution in [3.05, 3.63) is 71.8 Å². The molecule has 136 valence electrons. The van der Waals surface area contributed by atoms with Crippen molar-refractivity contribution < 1.29 is 20.5 Å². The summed E-state index contributed by atoms with van der Waals surface area (Å²) >= 11 is 0. The maximum Gasteiger partial charge on any atom is 0.313 e. The zero-order chi connectivity index (χ0) is 18.1. The van der Waals surface area contributed by atoms with Gasteiger partial charge in [0.25, 0.3) is 0 Å². The first-order chi connectivity index (χ1) is 12.6. The number of rotatable bonds is 4. The molecular weight excluding hydrogens is 328 g/mol. The molecule has 1 aliphatic heterocycles. The third-order valence-corrected chi connectivity index (χ3v) is 5.59. The van der Waals surface area contributed by atoms with E-state index < -0.39 is 0 Å². The van der Waals surface area contributed by atoms with Crippen LogP contribution < -0.4 is 0 Å². The summed E-state index contributed by atoms with van der Waals surface area (Å²) in [4.78, 5) is 24.5. The number of carbonyl (C=O) groups excluding carboxylic acids is 2. The number of hydrogen-bond acceptors (Lipinski definition) is 4. The number of benzene rings is 2. The largest absolute Gasteiger partial charge is 0.462 e. The molecule has 1 saturated carbocycles. The molecule has 0 aromatic heterocycles. The minimum absolute atomic E-state index is 0. The van der Waals surface area contributed by atoms with Crippen LogP contribution in [0.25, 0.3) is 0 Å². The molecular formula is C22H24O4. The summed E-state index contributed by atoms with van der Waals surface area (Å²) in [6, 6.07) is 19.6. The van der Waals surface area contributed by atoms with Crippen molar-refractivity contribution in [2.45, 2.75) is 43.8 Å². The van der Waals surface area contributed by atoms with Gasteiger partial charge in [0.05, 0.1) is 12.3 Å². The molecule has 2 aromatic rings. The Labute approximate surface area is 154 Å². The molecule has 1 aliphatic carbocycles. The molecule has 0 bridgehead atoms. The number of carbonyl (C=O) groups is 2. The normalized spacial score (nSPS) is 28.3. The van der Waals surface area contributed by atoms with Gasteiger partial charge in [-0.25, -0.2) is 0 Å². The highest BCUT2D eigenvalue weighted by atomic mass is 16.6. The van der Waals surface area contributed by atoms with Gasteiger partial charge in [-0.15, -0.1) is 0 Å². The fraction of sp³-hybridized carbons (Fsp3) is 0.364. The van der Waals surface area contributed by atoms with Crippen LogP contribution in [0, 0.1) is 5.92 Å². The maximum atomic E-state index is 12.7. The lowest BCUT2D eigenvalue weighted by atomic mass is 9.86. The molecule has 0 spiro atoms. The van der Waals surface area contributed by atoms with Crippen LogP contribution in [-0.2, 0) is 19.1 Å². The highest BCUT2D eigenvalue weighted by Crippen LogP contribution is 2.48. The molecule has 4 nitrogen and oxygen atoms in total. The smallest absolute Gasteiger partial charge is 0.313 e. The Hall–Kier alpha value is -2.62. The molecule has 1 heterocycles. The van der Waals surface area contributed by atoms with Crippen LogP contribution in [0.5, 0.6) is 0 Å². The van der Waals surface area contributed by atoms with Gasteiger partial charge >= 0.3 is 11.9 Å². The van der Waals surface area contributed by atoms with Crippen LogP contribution in [-0.4, -0.2) is 24.1 Å². The van der Waals surface area contributed by atoms with Gasteiger partial charge in [-0.05, 0) is 18.1 Å². The lowest BCUT2D eigenvalue weighted by Gasteiger charge is -2.25. The van der Waals surface area contributed by atoms with Crippen LogP contribution in [0.3, 0.4) is 0 Å². The molecule has 2 aliphatic rings. The molecule has 2 aromatic carbocycles. The second-order valence-corrected chi connectivity index (χ2v) is 7.18. The highest BCUT2D eigenvalue weighted by Gasteiger charge is 2.52. The highest BCUT2D eigenvalue weighted by molar-refractivity contribution is 5.78. The Morgan fingerprint density at radius 1 is 1.12 bits per heavy atom. The number of hydrogen-bond donors (Lipinski definition) is 0. The predicted molar refractivity (Wildman–Crippen MR) is 98.6 cm³/mol. The van der Waals surface area contributed by atoms with Crippen molar-refractivity contribution in [3.8, 4) is 0 Å². The summed E-state index contributed by atoms with van der Waals surface area (Å²) in [5, 5.41) is 0. The molecule has 0 amide bonds. The SMILES string of the molecule is C[C@@H](C(=O)O[C@@H]1C[C@@H]2OC(=O)CC2[C@H]1c1ccccc1)c1ccccc1.[HH]. The summed E-state index contributed by atoms with van der Waals surface area (Å²) in [6.45, 7) is 1.87. The Morgan fingerprint density at radius 2 is 1.77 bits per heavy atom. The van der Waals surface area contributed by atoms with Crippen molar-refractivity contribution in [3.63, 3.8) is 0 Å². The number of fused-ring (bicyclic) bond motifs is 1. The van der Waals surface area contributed by atoms with Crippen molar-refractivity contribution in [1.82, 2.24) is 0 Å². The molecule has 0 N–H and O–H groups in total. The van der Waals surface area contributed by atoms with E-state index >= 15 is 0 Å². The predicted octanol–water partition coefficient (Wildman–Crippen LogP) is 4.07. The first-order valence-corrected chi connectivity index (χ1v) is 9.13. The zero-order valence-electron chi connectivity index (χ0n) is 14.7. The van der Waals surface area contributed by atoms with Crippen LogP contribution in [0.1, 0.15) is 44.2 Å². The summed E-state index contributed by atoms with van der Waals surface area (Å²) in [5.74, 6) is -0.623. The second kappa shape index (κ2) is 6.94. The summed E-state index contributed by atoms with van der Waals surface area (Å²) in [5.41, 5.74) is 2.04. The summed E-state index contributed by atoms with van der Waals surface area (Å²) in [6.07, 6.45) is 0.548. The van der Waals surface area contributed by atoms with Gasteiger partial charge in [-0.2, -0.15) is 0 Å². The minimum Gasteiger partial charge on any atom is -0.462 e. The molecule has 26 heavy (non-hydrogen) atoms. The average Bonchev–Trinajstić information content (AvgIpc) is 3.17. The van der Waals surface area contributed by atoms with E-state index in [-0.39, 0.29) is 43.3 Å². The van der Waals surface area contributed by atoms with Crippen molar-refractivity contribution in [2.24, 2.45) is 5.92 Å². The Bertz CT molecular complexity index is 792. The molecule has 1 unspecified atom stereocenters. The van der Waals surface area contributed by atoms with E-state index in [4.69, 9.17) is 9.47 Å². The van der Waals surface area contributed by atoms with Crippen LogP contribution in [0.15, 0.2) is 60.7 Å². The third kappa shape index (κ3) is 3.12. The van der Waals surface area contributed by atoms with Gasteiger partial charge in [0, 0.05) is 19.7 Å². The van der Waals surface area contributed by atoms with Crippen LogP contribution in [0.4, 0.5) is 0 Å². The summed E-state index contributed by atoms with van der Waals surface area (Å²) in [7, 11) is 0. The molecule has 2 fully saturated rings. The van der Waals surface area contributed by atoms with Crippen molar-refractivity contribution in [1.29, 1.82) is 0 Å². The summed E-state index contributed by atoms with van der Waals surface area (Å²) < 4.78 is 11.4. The second-order valence-electron chi connectivity index (χ2n) is 7.18. The lowest BCUT2D eigenvalue weighted by Crippen LogP contribution is -2.26. The Kier molecular flexibility index (Phi) is 4.49. The minimum atomic E-state index is -0.324. The van der Waals surface area contributed by atoms with E-state index in [0.717, 1.165) is 11.1 Å². The van der Waals surface area contributed by atoms with Gasteiger partial charge in [0.2, 0.25) is 0 Å². The molecule has 0 radical (unpaired) electrons. The van der Waals surface area contributed by atoms with E-state index in [2.05, 4.69) is 0 Å². The monoisotopic (exact) mass is 352 g/mol. The topological polar surface area (TPSA) is 52.6 Å². The van der Waals surface area contributed by atoms with Gasteiger partial charge in [0.15, 0.2) is 0 Å². The van der Waals surface area contributed by atoms with Gasteiger partial charge in [-0.3, -0.25) is 9.59 Å². The zero-order valence-corrected chi connectivity index (χ0v) is 14.7. The third-order valence-electron chi connectivity index (χ3n) is 5.59. The van der Waals surface area contributed by atoms with Gasteiger partial charge in [-0.1, -0.05) is 60.7 Å². The lowest BCUT2D eigenvalue weighted by molar-refractivity contribution is -0.152. The van der Waals surface area contributed by atoms with E-state index in [1.165, 1.54) is 0 Å². The Balaban J connectivity index is 0.00000210. The fourth-order valence-electron chi connectivity index (χ4n) is 4.25. The van der Waals surface area contributed by atoms with Crippen molar-refractivity contribution >= 4 is 11.9 Å². The number of esters is 2. The van der Waals surface area contributed by atoms with Gasteiger partial charge in [0.1, 0.15) is 12.2 Å². The quantitative estimate of drug-likeness (QED) is 0.779. The van der Waals surface area contributed by atoms with Crippen LogP contribution >= 0.6 is 0 Å². The fourth-order valence-corrected chi connectivity index (χ4v) is 4.25.